The van der Waals surface area contributed by atoms with Crippen LogP contribution in [-0.2, 0) is 4.79 Å². The van der Waals surface area contributed by atoms with Crippen LogP contribution in [0.4, 0.5) is 20.2 Å². The summed E-state index contributed by atoms with van der Waals surface area (Å²) >= 11 is 24.4. The molecule has 2 unspecified atom stereocenters. The van der Waals surface area contributed by atoms with E-state index in [1.54, 1.807) is 30.3 Å². The number of rotatable bonds is 5. The first-order valence-electron chi connectivity index (χ1n) is 9.58. The number of amides is 2. The number of carbonyl (C=O) groups is 2. The number of para-hydroxylation sites is 1. The fraction of sp³-hybridized carbons (Fsp3) is 0.130. The topological polar surface area (TPSA) is 58.2 Å². The van der Waals surface area contributed by atoms with Gasteiger partial charge in [0.05, 0.1) is 21.5 Å². The number of nitrogens with one attached hydrogen (secondary N) is 2. The smallest absolute Gasteiger partial charge is 0.258 e. The van der Waals surface area contributed by atoms with E-state index in [9.17, 15) is 18.4 Å². The highest BCUT2D eigenvalue weighted by atomic mass is 35.5. The lowest BCUT2D eigenvalue weighted by molar-refractivity contribution is -0.117. The second-order valence-corrected chi connectivity index (χ2v) is 9.69. The van der Waals surface area contributed by atoms with E-state index in [0.29, 0.717) is 11.3 Å². The molecular formula is C23H14Cl4F2N2O2. The van der Waals surface area contributed by atoms with E-state index in [4.69, 9.17) is 46.4 Å². The number of hydrogen-bond donors (Lipinski definition) is 2. The number of anilines is 2. The molecule has 170 valence electrons. The fourth-order valence-corrected chi connectivity index (χ4v) is 4.78. The second-order valence-electron chi connectivity index (χ2n) is 7.43. The van der Waals surface area contributed by atoms with E-state index in [1.807, 2.05) is 0 Å². The summed E-state index contributed by atoms with van der Waals surface area (Å²) in [6.45, 7) is 0. The third-order valence-electron chi connectivity index (χ3n) is 5.21. The molecule has 0 radical (unpaired) electrons. The summed E-state index contributed by atoms with van der Waals surface area (Å²) in [4.78, 5) is 25.4. The van der Waals surface area contributed by atoms with E-state index in [2.05, 4.69) is 10.6 Å². The molecule has 2 atom stereocenters. The van der Waals surface area contributed by atoms with Crippen molar-refractivity contribution in [1.82, 2.24) is 0 Å². The maximum atomic E-state index is 14.5. The van der Waals surface area contributed by atoms with Crippen LogP contribution in [0.2, 0.25) is 10.0 Å². The summed E-state index contributed by atoms with van der Waals surface area (Å²) in [5.74, 6) is -4.41. The van der Waals surface area contributed by atoms with Gasteiger partial charge < -0.3 is 10.6 Å². The maximum Gasteiger partial charge on any atom is 0.258 e. The van der Waals surface area contributed by atoms with Crippen LogP contribution in [0.1, 0.15) is 21.8 Å². The Morgan fingerprint density at radius 1 is 0.848 bits per heavy atom. The number of halogens is 6. The van der Waals surface area contributed by atoms with Gasteiger partial charge in [0, 0.05) is 17.3 Å². The first-order valence-corrected chi connectivity index (χ1v) is 11.1. The predicted molar refractivity (Wildman–Crippen MR) is 127 cm³/mol. The van der Waals surface area contributed by atoms with E-state index in [0.717, 1.165) is 12.1 Å². The Bertz CT molecular complexity index is 1250. The van der Waals surface area contributed by atoms with Crippen molar-refractivity contribution in [2.24, 2.45) is 5.92 Å². The van der Waals surface area contributed by atoms with Crippen LogP contribution < -0.4 is 10.6 Å². The molecule has 1 aliphatic rings. The number of alkyl halides is 2. The molecule has 3 aromatic carbocycles. The molecule has 33 heavy (non-hydrogen) atoms. The zero-order valence-corrected chi connectivity index (χ0v) is 19.5. The SMILES string of the molecule is O=C(Nc1ccccc1)c1cc(NC(=O)C2C(c3ccc(F)c(Cl)c3)C2(Cl)Cl)cc(Cl)c1F. The molecule has 4 rings (SSSR count). The minimum absolute atomic E-state index is 0.0801. The standard InChI is InChI=1S/C23H14Cl4F2N2O2/c24-15-8-11(6-7-17(15)28)18-19(23(18,26)27)22(33)31-13-9-14(20(29)16(25)10-13)21(32)30-12-4-2-1-3-5-12/h1-10,18-19H,(H,30,32)(H,31,33). The van der Waals surface area contributed by atoms with Gasteiger partial charge in [-0.3, -0.25) is 9.59 Å². The average molecular weight is 530 g/mol. The van der Waals surface area contributed by atoms with Gasteiger partial charge in [-0.2, -0.15) is 0 Å². The highest BCUT2D eigenvalue weighted by Gasteiger charge is 2.67. The van der Waals surface area contributed by atoms with Crippen LogP contribution in [-0.4, -0.2) is 16.1 Å². The molecule has 2 amide bonds. The third-order valence-corrected chi connectivity index (χ3v) is 6.72. The molecule has 4 nitrogen and oxygen atoms in total. The van der Waals surface area contributed by atoms with Gasteiger partial charge in [0.1, 0.15) is 10.2 Å². The number of carbonyl (C=O) groups excluding carboxylic acids is 2. The lowest BCUT2D eigenvalue weighted by atomic mass is 10.1. The van der Waals surface area contributed by atoms with Crippen molar-refractivity contribution in [3.8, 4) is 0 Å². The minimum atomic E-state index is -1.46. The predicted octanol–water partition coefficient (Wildman–Crippen LogP) is 7.05. The summed E-state index contributed by atoms with van der Waals surface area (Å²) in [6, 6.07) is 14.7. The summed E-state index contributed by atoms with van der Waals surface area (Å²) in [6.07, 6.45) is 0. The minimum Gasteiger partial charge on any atom is -0.326 e. The van der Waals surface area contributed by atoms with E-state index in [-0.39, 0.29) is 21.3 Å². The highest BCUT2D eigenvalue weighted by Crippen LogP contribution is 2.65. The van der Waals surface area contributed by atoms with E-state index in [1.165, 1.54) is 18.2 Å². The first kappa shape index (κ1) is 23.8. The van der Waals surface area contributed by atoms with Crippen molar-refractivity contribution in [2.75, 3.05) is 10.6 Å². The molecule has 0 bridgehead atoms. The summed E-state index contributed by atoms with van der Waals surface area (Å²) < 4.78 is 26.5. The Balaban J connectivity index is 1.54. The van der Waals surface area contributed by atoms with Gasteiger partial charge in [-0.1, -0.05) is 47.5 Å². The molecule has 1 saturated carbocycles. The normalized spacial score (nSPS) is 18.5. The van der Waals surface area contributed by atoms with Crippen molar-refractivity contribution < 1.29 is 18.4 Å². The van der Waals surface area contributed by atoms with Crippen molar-refractivity contribution >= 4 is 69.6 Å². The summed E-state index contributed by atoms with van der Waals surface area (Å²) in [7, 11) is 0. The van der Waals surface area contributed by atoms with Crippen LogP contribution in [0.15, 0.2) is 60.7 Å². The van der Waals surface area contributed by atoms with Gasteiger partial charge in [-0.25, -0.2) is 8.78 Å². The molecule has 2 N–H and O–H groups in total. The zero-order valence-electron chi connectivity index (χ0n) is 16.5. The summed E-state index contributed by atoms with van der Waals surface area (Å²) in [5, 5.41) is 4.65. The Kier molecular flexibility index (Phi) is 6.56. The molecule has 1 fully saturated rings. The Morgan fingerprint density at radius 2 is 1.55 bits per heavy atom. The molecule has 0 saturated heterocycles. The van der Waals surface area contributed by atoms with E-state index < -0.39 is 39.6 Å². The number of hydrogen-bond acceptors (Lipinski definition) is 2. The van der Waals surface area contributed by atoms with Gasteiger partial charge in [-0.15, -0.1) is 23.2 Å². The van der Waals surface area contributed by atoms with Crippen LogP contribution >= 0.6 is 46.4 Å². The fourth-order valence-electron chi connectivity index (χ4n) is 3.54. The van der Waals surface area contributed by atoms with Gasteiger partial charge in [0.25, 0.3) is 5.91 Å². The lowest BCUT2D eigenvalue weighted by Gasteiger charge is -2.11. The van der Waals surface area contributed by atoms with Gasteiger partial charge in [-0.05, 0) is 42.0 Å². The molecule has 3 aromatic rings. The van der Waals surface area contributed by atoms with Crippen molar-refractivity contribution in [3.05, 3.63) is 93.5 Å². The molecule has 1 aliphatic carbocycles. The Labute approximate surface area is 207 Å². The third kappa shape index (κ3) is 4.80. The van der Waals surface area contributed by atoms with E-state index >= 15 is 0 Å². The van der Waals surface area contributed by atoms with Crippen LogP contribution in [0.25, 0.3) is 0 Å². The van der Waals surface area contributed by atoms with Gasteiger partial charge in [0.15, 0.2) is 5.82 Å². The van der Waals surface area contributed by atoms with Crippen molar-refractivity contribution in [2.45, 2.75) is 10.3 Å². The van der Waals surface area contributed by atoms with Crippen LogP contribution in [0, 0.1) is 17.6 Å². The van der Waals surface area contributed by atoms with Gasteiger partial charge in [0.2, 0.25) is 5.91 Å². The molecule has 0 spiro atoms. The quantitative estimate of drug-likeness (QED) is 0.348. The zero-order chi connectivity index (χ0) is 23.9. The molecule has 10 heteroatoms. The second kappa shape index (κ2) is 9.11. The average Bonchev–Trinajstić information content (AvgIpc) is 3.35. The lowest BCUT2D eigenvalue weighted by Crippen LogP contribution is -2.19. The Hall–Kier alpha value is -2.38. The number of benzene rings is 3. The van der Waals surface area contributed by atoms with Crippen molar-refractivity contribution in [1.29, 1.82) is 0 Å². The highest BCUT2D eigenvalue weighted by molar-refractivity contribution is 6.53. The summed E-state index contributed by atoms with van der Waals surface area (Å²) in [5.41, 5.74) is 0.672. The van der Waals surface area contributed by atoms with Crippen LogP contribution in [0.5, 0.6) is 0 Å². The Morgan fingerprint density at radius 3 is 2.21 bits per heavy atom. The van der Waals surface area contributed by atoms with Crippen LogP contribution in [0.3, 0.4) is 0 Å². The first-order chi connectivity index (χ1) is 15.6. The molecule has 0 aromatic heterocycles. The molecule has 0 aliphatic heterocycles. The largest absolute Gasteiger partial charge is 0.326 e. The van der Waals surface area contributed by atoms with Crippen molar-refractivity contribution in [3.63, 3.8) is 0 Å². The molecular weight excluding hydrogens is 516 g/mol. The van der Waals surface area contributed by atoms with Gasteiger partial charge >= 0.3 is 0 Å². The monoisotopic (exact) mass is 528 g/mol. The molecule has 0 heterocycles. The maximum absolute atomic E-state index is 14.5.